The van der Waals surface area contributed by atoms with Gasteiger partial charge in [0.1, 0.15) is 23.1 Å². The van der Waals surface area contributed by atoms with Crippen LogP contribution in [0.25, 0.3) is 0 Å². The molecule has 38 heavy (non-hydrogen) atoms. The number of hydrogen-bond donors (Lipinski definition) is 1. The van der Waals surface area contributed by atoms with Crippen LogP contribution in [0.2, 0.25) is 0 Å². The minimum atomic E-state index is -2.42. The van der Waals surface area contributed by atoms with Crippen LogP contribution in [-0.2, 0) is 10.3 Å². The summed E-state index contributed by atoms with van der Waals surface area (Å²) in [5.74, 6) is -1.97. The lowest BCUT2D eigenvalue weighted by Crippen LogP contribution is -2.48. The molecule has 0 bridgehead atoms. The summed E-state index contributed by atoms with van der Waals surface area (Å²) < 4.78 is 47.6. The van der Waals surface area contributed by atoms with E-state index >= 15 is 0 Å². The maximum absolute atomic E-state index is 13.6. The molecule has 3 rings (SSSR count). The molecule has 0 spiro atoms. The molecule has 1 unspecified atom stereocenters. The van der Waals surface area contributed by atoms with Crippen molar-refractivity contribution in [2.75, 3.05) is 26.2 Å². The zero-order chi connectivity index (χ0) is 28.3. The quantitative estimate of drug-likeness (QED) is 0.253. The van der Waals surface area contributed by atoms with Crippen molar-refractivity contribution in [2.45, 2.75) is 52.6 Å². The molecule has 4 nitrogen and oxygen atoms in total. The Labute approximate surface area is 225 Å². The molecule has 0 radical (unpaired) electrons. The molecule has 0 aromatic heterocycles. The predicted molar refractivity (Wildman–Crippen MR) is 144 cm³/mol. The molecular formula is C30H39BF3NO3. The van der Waals surface area contributed by atoms with E-state index in [1.54, 1.807) is 12.1 Å². The van der Waals surface area contributed by atoms with Gasteiger partial charge in [-0.2, -0.15) is 0 Å². The van der Waals surface area contributed by atoms with E-state index in [9.17, 15) is 23.2 Å². The smallest absolute Gasteiger partial charge is 0.343 e. The van der Waals surface area contributed by atoms with Crippen molar-refractivity contribution in [1.29, 1.82) is 0 Å². The fourth-order valence-electron chi connectivity index (χ4n) is 5.14. The average Bonchev–Trinajstić information content (AvgIpc) is 2.92. The number of nitrogens with zero attached hydrogens (tertiary/aromatic N) is 1. The van der Waals surface area contributed by atoms with Gasteiger partial charge in [-0.05, 0) is 87.2 Å². The van der Waals surface area contributed by atoms with E-state index < -0.39 is 36.3 Å². The van der Waals surface area contributed by atoms with Crippen LogP contribution in [0.1, 0.15) is 63.6 Å². The molecule has 0 amide bonds. The molecule has 0 fully saturated rings. The molecule has 0 aliphatic rings. The SMILES string of the molecule is CCC(c1ccc(F)cc1)C(OB([O-])O)(c1ccc(F)cc1)c1ccc(F)cc1.CC[N+](CC)(CC)CC. The summed E-state index contributed by atoms with van der Waals surface area (Å²) in [7, 11) is -2.42. The Kier molecular flexibility index (Phi) is 12.0. The molecule has 1 N–H and O–H groups in total. The maximum Gasteiger partial charge on any atom is 0.343 e. The lowest BCUT2D eigenvalue weighted by atomic mass is 9.71. The second kappa shape index (κ2) is 14.5. The molecular weight excluding hydrogens is 490 g/mol. The van der Waals surface area contributed by atoms with Crippen LogP contribution in [0.15, 0.2) is 72.8 Å². The molecule has 206 valence electrons. The lowest BCUT2D eigenvalue weighted by molar-refractivity contribution is -0.921. The average molecular weight is 529 g/mol. The highest BCUT2D eigenvalue weighted by Crippen LogP contribution is 2.47. The van der Waals surface area contributed by atoms with Crippen LogP contribution in [0.5, 0.6) is 0 Å². The number of rotatable bonds is 11. The van der Waals surface area contributed by atoms with Gasteiger partial charge in [-0.3, -0.25) is 0 Å². The molecule has 1 atom stereocenters. The highest BCUT2D eigenvalue weighted by atomic mass is 19.1. The third-order valence-corrected chi connectivity index (χ3v) is 7.69. The van der Waals surface area contributed by atoms with Crippen LogP contribution in [-0.4, -0.2) is 43.0 Å². The van der Waals surface area contributed by atoms with E-state index in [4.69, 9.17) is 4.65 Å². The summed E-state index contributed by atoms with van der Waals surface area (Å²) in [4.78, 5) is 0. The fraction of sp³-hybridized carbons (Fsp3) is 0.400. The fourth-order valence-corrected chi connectivity index (χ4v) is 5.14. The minimum Gasteiger partial charge on any atom is -0.832 e. The monoisotopic (exact) mass is 529 g/mol. The standard InChI is InChI=1S/C22H19BF3O3.C8H20N/c1-2-21(15-3-9-18(24)10-4-15)22(29-23(27)28,16-5-11-19(25)12-6-16)17-7-13-20(26)14-8-17;1-5-9(6-2,7-3)8-4/h3-14,21,27H,2H2,1H3;5-8H2,1-4H3/q-1;+1. The first-order chi connectivity index (χ1) is 18.1. The lowest BCUT2D eigenvalue weighted by Gasteiger charge is -2.44. The molecule has 0 aliphatic carbocycles. The van der Waals surface area contributed by atoms with Gasteiger partial charge in [0, 0.05) is 5.92 Å². The first kappa shape index (κ1) is 31.6. The van der Waals surface area contributed by atoms with Crippen molar-refractivity contribution in [3.63, 3.8) is 0 Å². The zero-order valence-electron chi connectivity index (χ0n) is 23.0. The Balaban J connectivity index is 0.000000484. The van der Waals surface area contributed by atoms with Crippen molar-refractivity contribution in [1.82, 2.24) is 0 Å². The third kappa shape index (κ3) is 7.47. The molecule has 8 heteroatoms. The molecule has 0 saturated carbocycles. The highest BCUT2D eigenvalue weighted by molar-refractivity contribution is 6.30. The number of halogens is 3. The van der Waals surface area contributed by atoms with Gasteiger partial charge in [-0.15, -0.1) is 0 Å². The summed E-state index contributed by atoms with van der Waals surface area (Å²) in [6.45, 7) is 16.1. The van der Waals surface area contributed by atoms with E-state index in [-0.39, 0.29) is 0 Å². The Morgan fingerprint density at radius 3 is 1.32 bits per heavy atom. The summed E-state index contributed by atoms with van der Waals surface area (Å²) in [5.41, 5.74) is -0.119. The van der Waals surface area contributed by atoms with E-state index in [0.717, 1.165) is 0 Å². The first-order valence-corrected chi connectivity index (χ1v) is 13.3. The van der Waals surface area contributed by atoms with Gasteiger partial charge in [-0.25, -0.2) is 13.2 Å². The van der Waals surface area contributed by atoms with Crippen molar-refractivity contribution >= 4 is 7.32 Å². The number of quaternary nitrogens is 1. The molecule has 3 aromatic carbocycles. The summed E-state index contributed by atoms with van der Waals surface area (Å²) in [5, 5.41) is 21.5. The van der Waals surface area contributed by atoms with Crippen LogP contribution < -0.4 is 5.02 Å². The summed E-state index contributed by atoms with van der Waals surface area (Å²) in [6, 6.07) is 16.4. The van der Waals surface area contributed by atoms with Crippen molar-refractivity contribution in [3.8, 4) is 0 Å². The van der Waals surface area contributed by atoms with Gasteiger partial charge >= 0.3 is 7.32 Å². The number of hydrogen-bond acceptors (Lipinski definition) is 3. The predicted octanol–water partition coefficient (Wildman–Crippen LogP) is 5.78. The second-order valence-electron chi connectivity index (χ2n) is 9.29. The van der Waals surface area contributed by atoms with Gasteiger partial charge < -0.3 is 19.2 Å². The molecule has 3 aromatic rings. The maximum atomic E-state index is 13.6. The zero-order valence-corrected chi connectivity index (χ0v) is 23.0. The summed E-state index contributed by atoms with van der Waals surface area (Å²) in [6.07, 6.45) is 0.424. The third-order valence-electron chi connectivity index (χ3n) is 7.69. The largest absolute Gasteiger partial charge is 0.832 e. The Morgan fingerprint density at radius 1 is 0.711 bits per heavy atom. The van der Waals surface area contributed by atoms with Crippen molar-refractivity contribution < 1.29 is 32.4 Å². The van der Waals surface area contributed by atoms with Gasteiger partial charge in [0.15, 0.2) is 0 Å². The van der Waals surface area contributed by atoms with Crippen LogP contribution in [0.4, 0.5) is 13.2 Å². The van der Waals surface area contributed by atoms with Crippen LogP contribution in [0.3, 0.4) is 0 Å². The van der Waals surface area contributed by atoms with Crippen molar-refractivity contribution in [3.05, 3.63) is 107 Å². The number of benzene rings is 3. The minimum absolute atomic E-state index is 0.400. The summed E-state index contributed by atoms with van der Waals surface area (Å²) >= 11 is 0. The van der Waals surface area contributed by atoms with Gasteiger partial charge in [0.25, 0.3) is 0 Å². The highest BCUT2D eigenvalue weighted by Gasteiger charge is 2.43. The Hall–Kier alpha value is -2.65. The van der Waals surface area contributed by atoms with Gasteiger partial charge in [0.05, 0.1) is 26.2 Å². The van der Waals surface area contributed by atoms with E-state index in [2.05, 4.69) is 27.7 Å². The first-order valence-electron chi connectivity index (χ1n) is 13.3. The molecule has 0 heterocycles. The normalized spacial score (nSPS) is 12.5. The molecule has 0 saturated heterocycles. The van der Waals surface area contributed by atoms with Gasteiger partial charge in [-0.1, -0.05) is 43.3 Å². The topological polar surface area (TPSA) is 52.5 Å². The van der Waals surface area contributed by atoms with Crippen LogP contribution >= 0.6 is 0 Å². The van der Waals surface area contributed by atoms with E-state index in [0.29, 0.717) is 23.1 Å². The van der Waals surface area contributed by atoms with Gasteiger partial charge in [0.2, 0.25) is 0 Å². The van der Waals surface area contributed by atoms with E-state index in [1.165, 1.54) is 91.3 Å². The Bertz CT molecular complexity index is 1030. The van der Waals surface area contributed by atoms with E-state index in [1.807, 2.05) is 6.92 Å². The Morgan fingerprint density at radius 2 is 1.05 bits per heavy atom. The van der Waals surface area contributed by atoms with Crippen molar-refractivity contribution in [2.24, 2.45) is 0 Å². The second-order valence-corrected chi connectivity index (χ2v) is 9.29. The molecule has 0 aliphatic heterocycles. The van der Waals surface area contributed by atoms with Crippen LogP contribution in [0, 0.1) is 17.5 Å².